The van der Waals surface area contributed by atoms with Gasteiger partial charge in [0.2, 0.25) is 0 Å². The minimum absolute atomic E-state index is 0.165. The monoisotopic (exact) mass is 300 g/mol. The maximum absolute atomic E-state index is 12.2. The van der Waals surface area contributed by atoms with Gasteiger partial charge in [0.05, 0.1) is 25.3 Å². The highest BCUT2D eigenvalue weighted by Gasteiger charge is 2.62. The SMILES string of the molecule is CCC12C(C#N)=C(OC)OC1N(C(=O)OC)c1ccccc12. The summed E-state index contributed by atoms with van der Waals surface area (Å²) in [7, 11) is 2.77. The highest BCUT2D eigenvalue weighted by Crippen LogP contribution is 2.56. The van der Waals surface area contributed by atoms with Gasteiger partial charge >= 0.3 is 6.09 Å². The lowest BCUT2D eigenvalue weighted by Gasteiger charge is -2.29. The van der Waals surface area contributed by atoms with Gasteiger partial charge in [-0.2, -0.15) is 5.26 Å². The number of fused-ring (bicyclic) bond motifs is 3. The van der Waals surface area contributed by atoms with Crippen LogP contribution in [0.4, 0.5) is 10.5 Å². The van der Waals surface area contributed by atoms with Gasteiger partial charge in [0.25, 0.3) is 5.95 Å². The Labute approximate surface area is 128 Å². The highest BCUT2D eigenvalue weighted by molar-refractivity contribution is 5.93. The van der Waals surface area contributed by atoms with Crippen LogP contribution in [0, 0.1) is 11.3 Å². The van der Waals surface area contributed by atoms with Gasteiger partial charge in [-0.15, -0.1) is 0 Å². The Morgan fingerprint density at radius 2 is 2.18 bits per heavy atom. The number of anilines is 1. The average Bonchev–Trinajstić information content (AvgIpc) is 3.02. The number of ether oxygens (including phenoxy) is 3. The standard InChI is InChI=1S/C16H16N2O4/c1-4-16-10-7-5-6-8-12(10)18(15(19)21-3)14(16)22-13(20-2)11(16)9-17/h5-8,14H,4H2,1-3H3. The zero-order chi connectivity index (χ0) is 15.9. The number of nitrogens with zero attached hydrogens (tertiary/aromatic N) is 2. The lowest BCUT2D eigenvalue weighted by Crippen LogP contribution is -2.46. The summed E-state index contributed by atoms with van der Waals surface area (Å²) in [5.74, 6) is 0.165. The zero-order valence-electron chi connectivity index (χ0n) is 12.6. The molecule has 2 aliphatic rings. The molecular formula is C16H16N2O4. The van der Waals surface area contributed by atoms with Crippen molar-refractivity contribution >= 4 is 11.8 Å². The first-order valence-electron chi connectivity index (χ1n) is 6.97. The maximum Gasteiger partial charge on any atom is 0.417 e. The minimum atomic E-state index is -0.731. The second kappa shape index (κ2) is 4.95. The number of hydrogen-bond acceptors (Lipinski definition) is 5. The molecule has 1 amide bonds. The molecule has 0 radical (unpaired) electrons. The van der Waals surface area contributed by atoms with Crippen molar-refractivity contribution in [2.75, 3.05) is 19.1 Å². The van der Waals surface area contributed by atoms with E-state index < -0.39 is 17.7 Å². The van der Waals surface area contributed by atoms with E-state index in [1.54, 1.807) is 0 Å². The number of amides is 1. The summed E-state index contributed by atoms with van der Waals surface area (Å²) in [6.07, 6.45) is -0.604. The number of para-hydroxylation sites is 1. The molecule has 1 aromatic rings. The molecule has 2 aliphatic heterocycles. The molecule has 0 spiro atoms. The van der Waals surface area contributed by atoms with Crippen molar-refractivity contribution in [3.63, 3.8) is 0 Å². The topological polar surface area (TPSA) is 71.8 Å². The molecule has 0 saturated heterocycles. The van der Waals surface area contributed by atoms with Crippen LogP contribution < -0.4 is 4.90 Å². The van der Waals surface area contributed by atoms with Gasteiger partial charge < -0.3 is 14.2 Å². The van der Waals surface area contributed by atoms with Gasteiger partial charge in [0, 0.05) is 0 Å². The van der Waals surface area contributed by atoms with Crippen LogP contribution >= 0.6 is 0 Å². The number of carbonyl (C=O) groups excluding carboxylic acids is 1. The molecule has 22 heavy (non-hydrogen) atoms. The lowest BCUT2D eigenvalue weighted by molar-refractivity contribution is 0.0169. The average molecular weight is 300 g/mol. The summed E-state index contributed by atoms with van der Waals surface area (Å²) in [5, 5.41) is 9.62. The molecule has 0 saturated carbocycles. The third-order valence-corrected chi connectivity index (χ3v) is 4.40. The van der Waals surface area contributed by atoms with Crippen LogP contribution in [0.15, 0.2) is 35.8 Å². The second-order valence-corrected chi connectivity index (χ2v) is 5.13. The molecule has 0 bridgehead atoms. The Morgan fingerprint density at radius 1 is 1.45 bits per heavy atom. The Bertz CT molecular complexity index is 706. The Hall–Kier alpha value is -2.68. The van der Waals surface area contributed by atoms with Crippen molar-refractivity contribution in [3.8, 4) is 6.07 Å². The molecule has 2 heterocycles. The molecule has 114 valence electrons. The van der Waals surface area contributed by atoms with Crippen LogP contribution in [0.25, 0.3) is 0 Å². The molecule has 0 N–H and O–H groups in total. The van der Waals surface area contributed by atoms with Crippen LogP contribution in [-0.4, -0.2) is 26.5 Å². The molecule has 3 rings (SSSR count). The smallest absolute Gasteiger partial charge is 0.417 e. The van der Waals surface area contributed by atoms with Gasteiger partial charge in [-0.1, -0.05) is 25.1 Å². The third-order valence-electron chi connectivity index (χ3n) is 4.40. The van der Waals surface area contributed by atoms with Gasteiger partial charge in [0.15, 0.2) is 6.23 Å². The van der Waals surface area contributed by atoms with Crippen LogP contribution in [-0.2, 0) is 19.6 Å². The summed E-state index contributed by atoms with van der Waals surface area (Å²) in [5.41, 5.74) is 1.24. The van der Waals surface area contributed by atoms with E-state index in [1.165, 1.54) is 19.1 Å². The molecule has 0 aliphatic carbocycles. The van der Waals surface area contributed by atoms with E-state index in [4.69, 9.17) is 14.2 Å². The van der Waals surface area contributed by atoms with Crippen molar-refractivity contribution in [2.45, 2.75) is 25.0 Å². The maximum atomic E-state index is 12.2. The molecule has 6 heteroatoms. The zero-order valence-corrected chi connectivity index (χ0v) is 12.6. The summed E-state index contributed by atoms with van der Waals surface area (Å²) < 4.78 is 15.9. The van der Waals surface area contributed by atoms with Crippen LogP contribution in [0.1, 0.15) is 18.9 Å². The van der Waals surface area contributed by atoms with E-state index in [2.05, 4.69) is 6.07 Å². The molecule has 2 atom stereocenters. The van der Waals surface area contributed by atoms with Crippen LogP contribution in [0.2, 0.25) is 0 Å². The highest BCUT2D eigenvalue weighted by atomic mass is 16.7. The van der Waals surface area contributed by atoms with Crippen molar-refractivity contribution in [1.29, 1.82) is 5.26 Å². The Balaban J connectivity index is 2.28. The number of carbonyl (C=O) groups is 1. The van der Waals surface area contributed by atoms with E-state index in [0.29, 0.717) is 17.7 Å². The molecule has 1 aromatic carbocycles. The lowest BCUT2D eigenvalue weighted by atomic mass is 9.74. The van der Waals surface area contributed by atoms with Crippen LogP contribution in [0.3, 0.4) is 0 Å². The summed E-state index contributed by atoms with van der Waals surface area (Å²) in [4.78, 5) is 13.7. The van der Waals surface area contributed by atoms with E-state index in [1.807, 2.05) is 31.2 Å². The van der Waals surface area contributed by atoms with Crippen molar-refractivity contribution in [1.82, 2.24) is 0 Å². The minimum Gasteiger partial charge on any atom is -0.468 e. The summed E-state index contributed by atoms with van der Waals surface area (Å²) in [6.45, 7) is 1.96. The fourth-order valence-corrected chi connectivity index (χ4v) is 3.42. The fraction of sp³-hybridized carbons (Fsp3) is 0.375. The quantitative estimate of drug-likeness (QED) is 0.839. The number of rotatable bonds is 2. The predicted molar refractivity (Wildman–Crippen MR) is 77.8 cm³/mol. The normalized spacial score (nSPS) is 25.2. The number of hydrogen-bond donors (Lipinski definition) is 0. The summed E-state index contributed by atoms with van der Waals surface area (Å²) >= 11 is 0. The second-order valence-electron chi connectivity index (χ2n) is 5.13. The molecular weight excluding hydrogens is 284 g/mol. The van der Waals surface area contributed by atoms with Crippen molar-refractivity contribution in [3.05, 3.63) is 41.3 Å². The number of nitriles is 1. The van der Waals surface area contributed by atoms with Gasteiger partial charge in [-0.3, -0.25) is 0 Å². The number of benzene rings is 1. The van der Waals surface area contributed by atoms with Gasteiger partial charge in [0.1, 0.15) is 11.6 Å². The van der Waals surface area contributed by atoms with E-state index in [0.717, 1.165) is 5.56 Å². The molecule has 6 nitrogen and oxygen atoms in total. The van der Waals surface area contributed by atoms with Crippen LogP contribution in [0.5, 0.6) is 0 Å². The fourth-order valence-electron chi connectivity index (χ4n) is 3.42. The third kappa shape index (κ3) is 1.51. The largest absolute Gasteiger partial charge is 0.468 e. The van der Waals surface area contributed by atoms with E-state index >= 15 is 0 Å². The first-order valence-corrected chi connectivity index (χ1v) is 6.97. The Kier molecular flexibility index (Phi) is 3.21. The van der Waals surface area contributed by atoms with Crippen molar-refractivity contribution < 1.29 is 19.0 Å². The number of methoxy groups -OCH3 is 2. The first-order chi connectivity index (χ1) is 10.6. The first kappa shape index (κ1) is 14.3. The molecule has 2 unspecified atom stereocenters. The molecule has 0 aromatic heterocycles. The summed E-state index contributed by atoms with van der Waals surface area (Å²) in [6, 6.07) is 9.66. The predicted octanol–water partition coefficient (Wildman–Crippen LogP) is 2.66. The van der Waals surface area contributed by atoms with Gasteiger partial charge in [-0.25, -0.2) is 9.69 Å². The van der Waals surface area contributed by atoms with Crippen molar-refractivity contribution in [2.24, 2.45) is 0 Å². The van der Waals surface area contributed by atoms with Gasteiger partial charge in [-0.05, 0) is 18.1 Å². The van der Waals surface area contributed by atoms with E-state index in [-0.39, 0.29) is 5.95 Å². The molecule has 0 fully saturated rings. The Morgan fingerprint density at radius 3 is 2.77 bits per heavy atom. The van der Waals surface area contributed by atoms with E-state index in [9.17, 15) is 10.1 Å².